The molecule has 7 heteroatoms. The molecule has 0 aliphatic rings. The van der Waals surface area contributed by atoms with E-state index in [0.717, 1.165) is 11.4 Å². The van der Waals surface area contributed by atoms with Gasteiger partial charge in [0, 0.05) is 17.6 Å². The molecule has 0 amide bonds. The standard InChI is InChI=1S/C17H11Cl2N5/c18-14-6-5-13(9-15(14)19)22-16-7-8-21-17(24-16)23-12-3-1-11(10-20)2-4-12/h1-9H,(H2,21,22,23,24). The molecule has 0 bridgehead atoms. The van der Waals surface area contributed by atoms with Crippen LogP contribution in [-0.4, -0.2) is 9.97 Å². The fourth-order valence-corrected chi connectivity index (χ4v) is 2.27. The zero-order chi connectivity index (χ0) is 16.9. The first-order chi connectivity index (χ1) is 11.6. The average Bonchev–Trinajstić information content (AvgIpc) is 2.59. The molecule has 0 aliphatic carbocycles. The molecular formula is C17H11Cl2N5. The quantitative estimate of drug-likeness (QED) is 0.677. The number of nitrogens with zero attached hydrogens (tertiary/aromatic N) is 3. The average molecular weight is 356 g/mol. The highest BCUT2D eigenvalue weighted by Crippen LogP contribution is 2.26. The zero-order valence-electron chi connectivity index (χ0n) is 12.3. The minimum atomic E-state index is 0.435. The van der Waals surface area contributed by atoms with Crippen LogP contribution in [0.3, 0.4) is 0 Å². The van der Waals surface area contributed by atoms with Gasteiger partial charge in [0.2, 0.25) is 5.95 Å². The molecule has 0 spiro atoms. The maximum absolute atomic E-state index is 8.81. The number of nitriles is 1. The molecule has 0 saturated heterocycles. The van der Waals surface area contributed by atoms with Gasteiger partial charge in [0.15, 0.2) is 0 Å². The van der Waals surface area contributed by atoms with Crippen molar-refractivity contribution in [3.8, 4) is 6.07 Å². The first-order valence-electron chi connectivity index (χ1n) is 6.96. The fourth-order valence-electron chi connectivity index (χ4n) is 1.97. The number of halogens is 2. The van der Waals surface area contributed by atoms with Gasteiger partial charge in [-0.25, -0.2) is 4.98 Å². The minimum absolute atomic E-state index is 0.435. The third kappa shape index (κ3) is 3.93. The van der Waals surface area contributed by atoms with Crippen molar-refractivity contribution in [1.82, 2.24) is 9.97 Å². The van der Waals surface area contributed by atoms with E-state index < -0.39 is 0 Å². The summed E-state index contributed by atoms with van der Waals surface area (Å²) in [5.74, 6) is 1.05. The van der Waals surface area contributed by atoms with E-state index in [1.807, 2.05) is 6.07 Å². The topological polar surface area (TPSA) is 73.6 Å². The normalized spacial score (nSPS) is 10.0. The Morgan fingerprint density at radius 2 is 1.62 bits per heavy atom. The van der Waals surface area contributed by atoms with E-state index in [4.69, 9.17) is 28.5 Å². The number of anilines is 4. The highest BCUT2D eigenvalue weighted by atomic mass is 35.5. The van der Waals surface area contributed by atoms with Crippen LogP contribution in [-0.2, 0) is 0 Å². The second-order valence-electron chi connectivity index (χ2n) is 4.83. The van der Waals surface area contributed by atoms with Crippen molar-refractivity contribution in [1.29, 1.82) is 5.26 Å². The monoisotopic (exact) mass is 355 g/mol. The summed E-state index contributed by atoms with van der Waals surface area (Å²) >= 11 is 11.9. The predicted octanol–water partition coefficient (Wildman–Crippen LogP) is 5.14. The Balaban J connectivity index is 1.75. The van der Waals surface area contributed by atoms with Gasteiger partial charge in [-0.1, -0.05) is 23.2 Å². The van der Waals surface area contributed by atoms with Gasteiger partial charge in [-0.15, -0.1) is 0 Å². The van der Waals surface area contributed by atoms with Gasteiger partial charge in [0.25, 0.3) is 0 Å². The summed E-state index contributed by atoms with van der Waals surface area (Å²) in [7, 11) is 0. The zero-order valence-corrected chi connectivity index (χ0v) is 13.8. The third-order valence-electron chi connectivity index (χ3n) is 3.12. The lowest BCUT2D eigenvalue weighted by Gasteiger charge is -2.09. The molecule has 1 heterocycles. The van der Waals surface area contributed by atoms with Gasteiger partial charge in [-0.3, -0.25) is 0 Å². The Hall–Kier alpha value is -2.81. The summed E-state index contributed by atoms with van der Waals surface area (Å²) in [6.45, 7) is 0. The van der Waals surface area contributed by atoms with Gasteiger partial charge < -0.3 is 10.6 Å². The molecule has 118 valence electrons. The van der Waals surface area contributed by atoms with Crippen LogP contribution in [0.1, 0.15) is 5.56 Å². The van der Waals surface area contributed by atoms with E-state index in [2.05, 4.69) is 26.7 Å². The van der Waals surface area contributed by atoms with Crippen molar-refractivity contribution in [2.75, 3.05) is 10.6 Å². The van der Waals surface area contributed by atoms with E-state index in [1.54, 1.807) is 48.7 Å². The molecule has 0 fully saturated rings. The summed E-state index contributed by atoms with van der Waals surface area (Å²) in [5.41, 5.74) is 2.16. The highest BCUT2D eigenvalue weighted by molar-refractivity contribution is 6.42. The smallest absolute Gasteiger partial charge is 0.229 e. The molecule has 0 radical (unpaired) electrons. The van der Waals surface area contributed by atoms with Crippen LogP contribution in [0.5, 0.6) is 0 Å². The lowest BCUT2D eigenvalue weighted by molar-refractivity contribution is 1.17. The number of nitrogens with one attached hydrogen (secondary N) is 2. The predicted molar refractivity (Wildman–Crippen MR) is 96.2 cm³/mol. The number of benzene rings is 2. The van der Waals surface area contributed by atoms with Crippen LogP contribution in [0.2, 0.25) is 10.0 Å². The van der Waals surface area contributed by atoms with Crippen molar-refractivity contribution < 1.29 is 0 Å². The second-order valence-corrected chi connectivity index (χ2v) is 5.65. The van der Waals surface area contributed by atoms with Gasteiger partial charge in [-0.05, 0) is 48.5 Å². The van der Waals surface area contributed by atoms with Crippen LogP contribution in [0, 0.1) is 11.3 Å². The van der Waals surface area contributed by atoms with Crippen molar-refractivity contribution in [3.63, 3.8) is 0 Å². The maximum Gasteiger partial charge on any atom is 0.229 e. The second kappa shape index (κ2) is 7.18. The Kier molecular flexibility index (Phi) is 4.80. The Morgan fingerprint density at radius 1 is 0.875 bits per heavy atom. The SMILES string of the molecule is N#Cc1ccc(Nc2nccc(Nc3ccc(Cl)c(Cl)c3)n2)cc1. The molecular weight excluding hydrogens is 345 g/mol. The van der Waals surface area contributed by atoms with Crippen LogP contribution in [0.25, 0.3) is 0 Å². The van der Waals surface area contributed by atoms with E-state index in [-0.39, 0.29) is 0 Å². The van der Waals surface area contributed by atoms with Crippen LogP contribution >= 0.6 is 23.2 Å². The summed E-state index contributed by atoms with van der Waals surface area (Å²) in [6, 6.07) is 16.1. The molecule has 24 heavy (non-hydrogen) atoms. The lowest BCUT2D eigenvalue weighted by Crippen LogP contribution is -2.00. The largest absolute Gasteiger partial charge is 0.340 e. The van der Waals surface area contributed by atoms with Crippen molar-refractivity contribution in [3.05, 3.63) is 70.3 Å². The summed E-state index contributed by atoms with van der Waals surface area (Å²) in [6.07, 6.45) is 1.64. The summed E-state index contributed by atoms with van der Waals surface area (Å²) in [5, 5.41) is 16.0. The first-order valence-corrected chi connectivity index (χ1v) is 7.72. The number of aromatic nitrogens is 2. The van der Waals surface area contributed by atoms with Crippen LogP contribution in [0.4, 0.5) is 23.1 Å². The van der Waals surface area contributed by atoms with Crippen molar-refractivity contribution >= 4 is 46.3 Å². The number of hydrogen-bond acceptors (Lipinski definition) is 5. The maximum atomic E-state index is 8.81. The van der Waals surface area contributed by atoms with Crippen LogP contribution in [0.15, 0.2) is 54.7 Å². The Morgan fingerprint density at radius 3 is 2.33 bits per heavy atom. The van der Waals surface area contributed by atoms with E-state index in [9.17, 15) is 0 Å². The van der Waals surface area contributed by atoms with E-state index >= 15 is 0 Å². The number of rotatable bonds is 4. The minimum Gasteiger partial charge on any atom is -0.340 e. The number of hydrogen-bond donors (Lipinski definition) is 2. The molecule has 3 aromatic rings. The van der Waals surface area contributed by atoms with E-state index in [1.165, 1.54) is 0 Å². The van der Waals surface area contributed by atoms with Gasteiger partial charge in [-0.2, -0.15) is 10.2 Å². The molecule has 0 atom stereocenters. The molecule has 0 saturated carbocycles. The highest BCUT2D eigenvalue weighted by Gasteiger charge is 2.03. The fraction of sp³-hybridized carbons (Fsp3) is 0. The molecule has 3 rings (SSSR count). The van der Waals surface area contributed by atoms with Gasteiger partial charge >= 0.3 is 0 Å². The Labute approximate surface area is 148 Å². The molecule has 0 unspecified atom stereocenters. The molecule has 2 aromatic carbocycles. The summed E-state index contributed by atoms with van der Waals surface area (Å²) in [4.78, 5) is 8.56. The third-order valence-corrected chi connectivity index (χ3v) is 3.86. The van der Waals surface area contributed by atoms with Crippen LogP contribution < -0.4 is 10.6 Å². The molecule has 1 aromatic heterocycles. The van der Waals surface area contributed by atoms with E-state index in [0.29, 0.717) is 27.4 Å². The van der Waals surface area contributed by atoms with Gasteiger partial charge in [0.05, 0.1) is 21.7 Å². The lowest BCUT2D eigenvalue weighted by atomic mass is 10.2. The van der Waals surface area contributed by atoms with Crippen molar-refractivity contribution in [2.45, 2.75) is 0 Å². The van der Waals surface area contributed by atoms with Crippen molar-refractivity contribution in [2.24, 2.45) is 0 Å². The summed E-state index contributed by atoms with van der Waals surface area (Å²) < 4.78 is 0. The Bertz CT molecular complexity index is 904. The first kappa shape index (κ1) is 16.1. The molecule has 5 nitrogen and oxygen atoms in total. The molecule has 2 N–H and O–H groups in total. The van der Waals surface area contributed by atoms with Gasteiger partial charge in [0.1, 0.15) is 5.82 Å². The molecule has 0 aliphatic heterocycles.